The minimum atomic E-state index is -0.550. The van der Waals surface area contributed by atoms with Crippen LogP contribution in [0.5, 0.6) is 0 Å². The monoisotopic (exact) mass is 278 g/mol. The number of piperazine rings is 1. The third kappa shape index (κ3) is 2.91. The number of carbonyl (C=O) groups is 2. The average Bonchev–Trinajstić information content (AvgIpc) is 2.41. The summed E-state index contributed by atoms with van der Waals surface area (Å²) < 4.78 is 0. The summed E-state index contributed by atoms with van der Waals surface area (Å²) in [5.74, 6) is -0.505. The van der Waals surface area contributed by atoms with E-state index in [9.17, 15) is 19.7 Å². The topological polar surface area (TPSA) is 113 Å². The molecule has 1 unspecified atom stereocenters. The molecule has 2 rings (SSSR count). The van der Waals surface area contributed by atoms with Gasteiger partial charge in [-0.05, 0) is 13.0 Å². The van der Waals surface area contributed by atoms with Gasteiger partial charge in [0.05, 0.1) is 22.7 Å². The number of rotatable bonds is 3. The number of amides is 2. The van der Waals surface area contributed by atoms with Crippen LogP contribution in [0.25, 0.3) is 0 Å². The van der Waals surface area contributed by atoms with Gasteiger partial charge in [0.25, 0.3) is 5.69 Å². The summed E-state index contributed by atoms with van der Waals surface area (Å²) in [4.78, 5) is 33.3. The van der Waals surface area contributed by atoms with Gasteiger partial charge in [0.15, 0.2) is 0 Å². The molecule has 1 aromatic carbocycles. The molecule has 8 heteroatoms. The third-order valence-electron chi connectivity index (χ3n) is 3.09. The Morgan fingerprint density at radius 2 is 2.25 bits per heavy atom. The van der Waals surface area contributed by atoms with Crippen molar-refractivity contribution < 1.29 is 14.5 Å². The van der Waals surface area contributed by atoms with Crippen LogP contribution in [0, 0.1) is 17.0 Å². The van der Waals surface area contributed by atoms with Crippen molar-refractivity contribution in [1.82, 2.24) is 10.6 Å². The second-order valence-electron chi connectivity index (χ2n) is 4.43. The average molecular weight is 278 g/mol. The highest BCUT2D eigenvalue weighted by Crippen LogP contribution is 2.25. The maximum absolute atomic E-state index is 12.0. The molecule has 1 aromatic rings. The Hall–Kier alpha value is -2.48. The van der Waals surface area contributed by atoms with Crippen molar-refractivity contribution in [2.45, 2.75) is 13.0 Å². The number of anilines is 1. The van der Waals surface area contributed by atoms with Crippen molar-refractivity contribution >= 4 is 23.2 Å². The molecular formula is C12H14N4O4. The van der Waals surface area contributed by atoms with Gasteiger partial charge < -0.3 is 10.6 Å². The van der Waals surface area contributed by atoms with E-state index in [1.165, 1.54) is 12.1 Å². The van der Waals surface area contributed by atoms with Gasteiger partial charge in [-0.3, -0.25) is 25.0 Å². The van der Waals surface area contributed by atoms with Crippen LogP contribution in [-0.2, 0) is 9.59 Å². The van der Waals surface area contributed by atoms with E-state index in [1.807, 2.05) is 0 Å². The normalized spacial score (nSPS) is 18.2. The van der Waals surface area contributed by atoms with Crippen molar-refractivity contribution in [2.75, 3.05) is 18.4 Å². The van der Waals surface area contributed by atoms with Crippen molar-refractivity contribution in [2.24, 2.45) is 0 Å². The number of nitro benzene ring substituents is 1. The van der Waals surface area contributed by atoms with Crippen LogP contribution in [0.4, 0.5) is 11.4 Å². The Morgan fingerprint density at radius 3 is 2.85 bits per heavy atom. The lowest BCUT2D eigenvalue weighted by Gasteiger charge is -2.23. The molecule has 1 atom stereocenters. The maximum atomic E-state index is 12.0. The molecule has 0 spiro atoms. The standard InChI is InChI=1S/C12H14N4O4/c1-7-8(3-2-4-10(7)16(19)20)15-12(18)9-5-14-11(17)6-13-9/h2-4,9,13H,5-6H2,1H3,(H,14,17)(H,15,18). The van der Waals surface area contributed by atoms with Crippen LogP contribution in [0.1, 0.15) is 5.56 Å². The molecule has 0 aliphatic carbocycles. The van der Waals surface area contributed by atoms with Gasteiger partial charge in [-0.1, -0.05) is 6.07 Å². The van der Waals surface area contributed by atoms with Gasteiger partial charge in [-0.2, -0.15) is 0 Å². The van der Waals surface area contributed by atoms with E-state index in [1.54, 1.807) is 13.0 Å². The first-order chi connectivity index (χ1) is 9.49. The first-order valence-corrected chi connectivity index (χ1v) is 6.04. The van der Waals surface area contributed by atoms with Crippen LogP contribution >= 0.6 is 0 Å². The van der Waals surface area contributed by atoms with Gasteiger partial charge in [0, 0.05) is 12.6 Å². The molecule has 0 aromatic heterocycles. The smallest absolute Gasteiger partial charge is 0.274 e. The molecule has 0 saturated carbocycles. The zero-order valence-corrected chi connectivity index (χ0v) is 10.8. The first-order valence-electron chi connectivity index (χ1n) is 6.04. The molecule has 8 nitrogen and oxygen atoms in total. The number of hydrogen-bond acceptors (Lipinski definition) is 5. The molecule has 1 aliphatic heterocycles. The zero-order chi connectivity index (χ0) is 14.7. The van der Waals surface area contributed by atoms with Crippen LogP contribution < -0.4 is 16.0 Å². The number of nitro groups is 1. The van der Waals surface area contributed by atoms with E-state index in [-0.39, 0.29) is 30.6 Å². The van der Waals surface area contributed by atoms with Crippen molar-refractivity contribution in [3.05, 3.63) is 33.9 Å². The Kier molecular flexibility index (Phi) is 3.94. The number of nitrogens with zero attached hydrogens (tertiary/aromatic N) is 1. The molecule has 0 bridgehead atoms. The van der Waals surface area contributed by atoms with Gasteiger partial charge in [0.2, 0.25) is 11.8 Å². The highest BCUT2D eigenvalue weighted by molar-refractivity contribution is 5.97. The summed E-state index contributed by atoms with van der Waals surface area (Å²) >= 11 is 0. The van der Waals surface area contributed by atoms with Crippen molar-refractivity contribution in [3.8, 4) is 0 Å². The fraction of sp³-hybridized carbons (Fsp3) is 0.333. The molecule has 1 fully saturated rings. The largest absolute Gasteiger partial charge is 0.353 e. The van der Waals surface area contributed by atoms with E-state index in [4.69, 9.17) is 0 Å². The first kappa shape index (κ1) is 13.9. The van der Waals surface area contributed by atoms with E-state index >= 15 is 0 Å². The highest BCUT2D eigenvalue weighted by atomic mass is 16.6. The Balaban J connectivity index is 2.10. The predicted molar refractivity (Wildman–Crippen MR) is 71.3 cm³/mol. The predicted octanol–water partition coefficient (Wildman–Crippen LogP) is -0.0703. The quantitative estimate of drug-likeness (QED) is 0.529. The van der Waals surface area contributed by atoms with Gasteiger partial charge in [-0.25, -0.2) is 0 Å². The Bertz CT molecular complexity index is 563. The number of nitrogens with one attached hydrogen (secondary N) is 3. The maximum Gasteiger partial charge on any atom is 0.274 e. The van der Waals surface area contributed by atoms with Crippen LogP contribution in [-0.4, -0.2) is 35.9 Å². The lowest BCUT2D eigenvalue weighted by atomic mass is 10.1. The number of hydrogen-bond donors (Lipinski definition) is 3. The summed E-state index contributed by atoms with van der Waals surface area (Å²) in [6.45, 7) is 1.84. The summed E-state index contributed by atoms with van der Waals surface area (Å²) in [6.07, 6.45) is 0. The van der Waals surface area contributed by atoms with Crippen LogP contribution in [0.15, 0.2) is 18.2 Å². The molecule has 2 amide bonds. The zero-order valence-electron chi connectivity index (χ0n) is 10.8. The highest BCUT2D eigenvalue weighted by Gasteiger charge is 2.24. The van der Waals surface area contributed by atoms with Crippen LogP contribution in [0.3, 0.4) is 0 Å². The van der Waals surface area contributed by atoms with Gasteiger partial charge in [0.1, 0.15) is 6.04 Å². The second kappa shape index (κ2) is 5.66. The van der Waals surface area contributed by atoms with Crippen LogP contribution in [0.2, 0.25) is 0 Å². The summed E-state index contributed by atoms with van der Waals surface area (Å²) in [5.41, 5.74) is 0.737. The van der Waals surface area contributed by atoms with E-state index in [0.29, 0.717) is 11.3 Å². The molecule has 0 radical (unpaired) electrons. The Labute approximate surface area is 114 Å². The number of benzene rings is 1. The van der Waals surface area contributed by atoms with Gasteiger partial charge in [-0.15, -0.1) is 0 Å². The summed E-state index contributed by atoms with van der Waals surface area (Å²) in [5, 5.41) is 18.8. The SMILES string of the molecule is Cc1c(NC(=O)C2CNC(=O)CN2)cccc1[N+](=O)[O-]. The lowest BCUT2D eigenvalue weighted by molar-refractivity contribution is -0.385. The third-order valence-corrected chi connectivity index (χ3v) is 3.09. The molecule has 1 saturated heterocycles. The second-order valence-corrected chi connectivity index (χ2v) is 4.43. The van der Waals surface area contributed by atoms with Gasteiger partial charge >= 0.3 is 0 Å². The minimum Gasteiger partial charge on any atom is -0.353 e. The van der Waals surface area contributed by atoms with Crippen molar-refractivity contribution in [1.29, 1.82) is 0 Å². The minimum absolute atomic E-state index is 0.0484. The fourth-order valence-electron chi connectivity index (χ4n) is 1.93. The summed E-state index contributed by atoms with van der Waals surface area (Å²) in [7, 11) is 0. The Morgan fingerprint density at radius 1 is 1.50 bits per heavy atom. The van der Waals surface area contributed by atoms with Crippen molar-refractivity contribution in [3.63, 3.8) is 0 Å². The molecule has 106 valence electrons. The molecular weight excluding hydrogens is 264 g/mol. The van der Waals surface area contributed by atoms with E-state index in [0.717, 1.165) is 0 Å². The molecule has 1 heterocycles. The molecule has 1 aliphatic rings. The van der Waals surface area contributed by atoms with E-state index in [2.05, 4.69) is 16.0 Å². The summed E-state index contributed by atoms with van der Waals surface area (Å²) in [6, 6.07) is 3.94. The number of carbonyl (C=O) groups excluding carboxylic acids is 2. The van der Waals surface area contributed by atoms with E-state index < -0.39 is 11.0 Å². The molecule has 20 heavy (non-hydrogen) atoms. The lowest BCUT2D eigenvalue weighted by Crippen LogP contribution is -2.56. The molecule has 3 N–H and O–H groups in total. The fourth-order valence-corrected chi connectivity index (χ4v) is 1.93.